The average Bonchev–Trinajstić information content (AvgIpc) is 3.32. The smallest absolute Gasteiger partial charge is 0.241 e. The molecule has 3 aliphatic rings. The summed E-state index contributed by atoms with van der Waals surface area (Å²) in [5.74, 6) is 1.46. The summed E-state index contributed by atoms with van der Waals surface area (Å²) < 4.78 is 10.7. The summed E-state index contributed by atoms with van der Waals surface area (Å²) in [7, 11) is 0. The molecular weight excluding hydrogens is 306 g/mol. The van der Waals surface area contributed by atoms with Gasteiger partial charge in [-0.15, -0.1) is 0 Å². The van der Waals surface area contributed by atoms with Crippen molar-refractivity contribution in [3.05, 3.63) is 18.2 Å². The summed E-state index contributed by atoms with van der Waals surface area (Å²) in [5.41, 5.74) is 0.756. The van der Waals surface area contributed by atoms with Gasteiger partial charge < -0.3 is 14.8 Å². The van der Waals surface area contributed by atoms with E-state index < -0.39 is 0 Å². The molecule has 0 radical (unpaired) electrons. The zero-order valence-electron chi connectivity index (χ0n) is 14.2. The Morgan fingerprint density at radius 3 is 2.83 bits per heavy atom. The van der Waals surface area contributed by atoms with E-state index in [1.54, 1.807) is 0 Å². The maximum absolute atomic E-state index is 12.6. The highest BCUT2D eigenvalue weighted by Crippen LogP contribution is 2.34. The predicted octanol–water partition coefficient (Wildman–Crippen LogP) is 1.91. The van der Waals surface area contributed by atoms with Crippen LogP contribution < -0.4 is 14.8 Å². The van der Waals surface area contributed by atoms with E-state index in [0.29, 0.717) is 11.8 Å². The molecule has 2 fully saturated rings. The van der Waals surface area contributed by atoms with Crippen LogP contribution in [-0.4, -0.2) is 60.8 Å². The normalized spacial score (nSPS) is 25.1. The zero-order valence-corrected chi connectivity index (χ0v) is 14.2. The average molecular weight is 331 g/mol. The van der Waals surface area contributed by atoms with Gasteiger partial charge in [-0.3, -0.25) is 14.6 Å². The number of likely N-dealkylation sites (tertiary alicyclic amines) is 2. The van der Waals surface area contributed by atoms with Crippen molar-refractivity contribution in [2.75, 3.05) is 38.3 Å². The molecule has 1 aromatic carbocycles. The second kappa shape index (κ2) is 6.61. The molecule has 0 aliphatic carbocycles. The fraction of sp³-hybridized carbons (Fsp3) is 0.611. The highest BCUT2D eigenvalue weighted by molar-refractivity contribution is 5.94. The van der Waals surface area contributed by atoms with Crippen LogP contribution in [0.2, 0.25) is 0 Å². The predicted molar refractivity (Wildman–Crippen MR) is 91.4 cm³/mol. The van der Waals surface area contributed by atoms with Crippen LogP contribution in [0.25, 0.3) is 0 Å². The fourth-order valence-electron chi connectivity index (χ4n) is 3.91. The summed E-state index contributed by atoms with van der Waals surface area (Å²) in [5, 5.41) is 3.00. The molecular formula is C18H25N3O3. The zero-order chi connectivity index (χ0) is 16.5. The van der Waals surface area contributed by atoms with Crippen LogP contribution in [0.1, 0.15) is 26.2 Å². The second-order valence-electron chi connectivity index (χ2n) is 6.91. The van der Waals surface area contributed by atoms with Crippen LogP contribution in [0.3, 0.4) is 0 Å². The molecule has 4 rings (SSSR count). The van der Waals surface area contributed by atoms with Crippen molar-refractivity contribution in [3.8, 4) is 11.5 Å². The molecule has 2 unspecified atom stereocenters. The quantitative estimate of drug-likeness (QED) is 0.913. The van der Waals surface area contributed by atoms with Gasteiger partial charge in [0.2, 0.25) is 12.7 Å². The molecule has 0 aromatic heterocycles. The van der Waals surface area contributed by atoms with Crippen LogP contribution in [-0.2, 0) is 4.79 Å². The first kappa shape index (κ1) is 15.7. The summed E-state index contributed by atoms with van der Waals surface area (Å²) in [6.45, 7) is 6.67. The van der Waals surface area contributed by atoms with E-state index in [0.717, 1.165) is 24.5 Å². The largest absolute Gasteiger partial charge is 0.454 e. The first-order chi connectivity index (χ1) is 11.7. The van der Waals surface area contributed by atoms with Gasteiger partial charge in [-0.1, -0.05) is 0 Å². The van der Waals surface area contributed by atoms with Crippen LogP contribution in [0, 0.1) is 0 Å². The van der Waals surface area contributed by atoms with E-state index >= 15 is 0 Å². The monoisotopic (exact) mass is 331 g/mol. The number of ether oxygens (including phenoxy) is 2. The molecule has 0 bridgehead atoms. The van der Waals surface area contributed by atoms with Gasteiger partial charge in [0, 0.05) is 30.9 Å². The van der Waals surface area contributed by atoms with Crippen molar-refractivity contribution < 1.29 is 14.3 Å². The minimum Gasteiger partial charge on any atom is -0.454 e. The number of carbonyl (C=O) groups excluding carboxylic acids is 1. The number of rotatable bonds is 4. The van der Waals surface area contributed by atoms with E-state index in [1.165, 1.54) is 32.4 Å². The van der Waals surface area contributed by atoms with Gasteiger partial charge in [-0.05, 0) is 51.4 Å². The summed E-state index contributed by atoms with van der Waals surface area (Å²) in [4.78, 5) is 17.5. The molecule has 0 saturated carbocycles. The number of amides is 1. The number of anilines is 1. The van der Waals surface area contributed by atoms with E-state index in [4.69, 9.17) is 9.47 Å². The molecule has 6 nitrogen and oxygen atoms in total. The molecule has 2 saturated heterocycles. The lowest BCUT2D eigenvalue weighted by Crippen LogP contribution is -2.43. The van der Waals surface area contributed by atoms with Gasteiger partial charge in [-0.2, -0.15) is 0 Å². The topological polar surface area (TPSA) is 54.0 Å². The second-order valence-corrected chi connectivity index (χ2v) is 6.91. The van der Waals surface area contributed by atoms with E-state index in [9.17, 15) is 4.79 Å². The third-order valence-electron chi connectivity index (χ3n) is 5.42. The first-order valence-corrected chi connectivity index (χ1v) is 8.89. The van der Waals surface area contributed by atoms with Crippen molar-refractivity contribution in [1.82, 2.24) is 9.80 Å². The van der Waals surface area contributed by atoms with E-state index in [1.807, 2.05) is 25.1 Å². The van der Waals surface area contributed by atoms with Crippen molar-refractivity contribution in [2.24, 2.45) is 0 Å². The van der Waals surface area contributed by atoms with Crippen molar-refractivity contribution in [2.45, 2.75) is 38.3 Å². The number of hydrogen-bond acceptors (Lipinski definition) is 5. The lowest BCUT2D eigenvalue weighted by atomic mass is 10.2. The third kappa shape index (κ3) is 3.08. The third-order valence-corrected chi connectivity index (χ3v) is 5.42. The fourth-order valence-corrected chi connectivity index (χ4v) is 3.91. The minimum atomic E-state index is -0.122. The Balaban J connectivity index is 1.34. The van der Waals surface area contributed by atoms with Gasteiger partial charge >= 0.3 is 0 Å². The van der Waals surface area contributed by atoms with Gasteiger partial charge in [0.05, 0.1) is 6.04 Å². The highest BCUT2D eigenvalue weighted by atomic mass is 16.7. The lowest BCUT2D eigenvalue weighted by Gasteiger charge is -2.26. The highest BCUT2D eigenvalue weighted by Gasteiger charge is 2.33. The van der Waals surface area contributed by atoms with Gasteiger partial charge in [0.15, 0.2) is 11.5 Å². The van der Waals surface area contributed by atoms with E-state index in [-0.39, 0.29) is 18.7 Å². The molecule has 3 heterocycles. The Morgan fingerprint density at radius 2 is 2.00 bits per heavy atom. The lowest BCUT2D eigenvalue weighted by molar-refractivity contribution is -0.120. The Bertz CT molecular complexity index is 616. The van der Waals surface area contributed by atoms with Gasteiger partial charge in [0.1, 0.15) is 0 Å². The molecule has 2 atom stereocenters. The molecule has 1 N–H and O–H groups in total. The van der Waals surface area contributed by atoms with Crippen molar-refractivity contribution >= 4 is 11.6 Å². The Labute approximate surface area is 142 Å². The van der Waals surface area contributed by atoms with Crippen LogP contribution in [0.4, 0.5) is 5.69 Å². The Hall–Kier alpha value is -1.79. The van der Waals surface area contributed by atoms with Gasteiger partial charge in [-0.25, -0.2) is 0 Å². The molecule has 1 amide bonds. The van der Waals surface area contributed by atoms with E-state index in [2.05, 4.69) is 15.1 Å². The maximum atomic E-state index is 12.6. The van der Waals surface area contributed by atoms with Gasteiger partial charge in [0.25, 0.3) is 0 Å². The van der Waals surface area contributed by atoms with Crippen LogP contribution >= 0.6 is 0 Å². The summed E-state index contributed by atoms with van der Waals surface area (Å²) in [6, 6.07) is 6.01. The Morgan fingerprint density at radius 1 is 1.21 bits per heavy atom. The summed E-state index contributed by atoms with van der Waals surface area (Å²) in [6.07, 6.45) is 3.80. The number of fused-ring (bicyclic) bond motifs is 1. The number of nitrogens with one attached hydrogen (secondary N) is 1. The van der Waals surface area contributed by atoms with Crippen LogP contribution in [0.15, 0.2) is 18.2 Å². The molecule has 24 heavy (non-hydrogen) atoms. The summed E-state index contributed by atoms with van der Waals surface area (Å²) >= 11 is 0. The first-order valence-electron chi connectivity index (χ1n) is 8.89. The standard InChI is InChI=1S/C18H25N3O3/c1-13(21-9-6-15(11-21)20-7-2-3-8-20)18(22)19-14-4-5-16-17(10-14)24-12-23-16/h4-5,10,13,15H,2-3,6-9,11-12H2,1H3,(H,19,22). The SMILES string of the molecule is CC(C(=O)Nc1ccc2c(c1)OCO2)N1CCC(N2CCCC2)C1. The molecule has 3 aliphatic heterocycles. The van der Waals surface area contributed by atoms with Crippen molar-refractivity contribution in [1.29, 1.82) is 0 Å². The minimum absolute atomic E-state index is 0.0379. The molecule has 0 spiro atoms. The Kier molecular flexibility index (Phi) is 4.33. The number of benzene rings is 1. The van der Waals surface area contributed by atoms with Crippen molar-refractivity contribution in [3.63, 3.8) is 0 Å². The number of hydrogen-bond donors (Lipinski definition) is 1. The maximum Gasteiger partial charge on any atom is 0.241 e. The molecule has 6 heteroatoms. The molecule has 130 valence electrons. The van der Waals surface area contributed by atoms with Crippen LogP contribution in [0.5, 0.6) is 11.5 Å². The number of carbonyl (C=O) groups is 1. The molecule has 1 aromatic rings. The number of nitrogens with zero attached hydrogens (tertiary/aromatic N) is 2.